The highest BCUT2D eigenvalue weighted by Crippen LogP contribution is 2.21. The van der Waals surface area contributed by atoms with Gasteiger partial charge in [-0.3, -0.25) is 9.78 Å². The van der Waals surface area contributed by atoms with Gasteiger partial charge in [0.2, 0.25) is 5.91 Å². The van der Waals surface area contributed by atoms with Gasteiger partial charge in [-0.2, -0.15) is 0 Å². The van der Waals surface area contributed by atoms with Crippen molar-refractivity contribution in [3.8, 4) is 5.82 Å². The van der Waals surface area contributed by atoms with Gasteiger partial charge in [-0.15, -0.1) is 0 Å². The Morgan fingerprint density at radius 2 is 2.07 bits per heavy atom. The molecule has 0 radical (unpaired) electrons. The van der Waals surface area contributed by atoms with Gasteiger partial charge in [0.15, 0.2) is 11.4 Å². The molecule has 1 amide bonds. The second kappa shape index (κ2) is 7.34. The summed E-state index contributed by atoms with van der Waals surface area (Å²) in [5.74, 6) is 0.113. The van der Waals surface area contributed by atoms with Gasteiger partial charge in [0, 0.05) is 19.5 Å². The molecule has 0 saturated carbocycles. The first-order valence-electron chi connectivity index (χ1n) is 9.32. The number of nitrogens with zero attached hydrogens (tertiary/aromatic N) is 4. The molecule has 0 N–H and O–H groups in total. The van der Waals surface area contributed by atoms with Crippen molar-refractivity contribution in [2.45, 2.75) is 45.1 Å². The van der Waals surface area contributed by atoms with E-state index in [1.807, 2.05) is 23.1 Å². The Kier molecular flexibility index (Phi) is 4.75. The highest BCUT2D eigenvalue weighted by molar-refractivity contribution is 5.74. The number of likely N-dealkylation sites (tertiary alicyclic amines) is 1. The number of hydrogen-bond acceptors (Lipinski definition) is 5. The van der Waals surface area contributed by atoms with E-state index in [0.29, 0.717) is 16.9 Å². The van der Waals surface area contributed by atoms with Gasteiger partial charge in [0.25, 0.3) is 0 Å². The number of carbonyl (C=O) groups is 1. The van der Waals surface area contributed by atoms with Crippen LogP contribution >= 0.6 is 0 Å². The van der Waals surface area contributed by atoms with Crippen LogP contribution in [0.2, 0.25) is 0 Å². The van der Waals surface area contributed by atoms with E-state index in [1.54, 1.807) is 25.4 Å². The van der Waals surface area contributed by atoms with Crippen LogP contribution in [0.25, 0.3) is 16.9 Å². The predicted molar refractivity (Wildman–Crippen MR) is 101 cm³/mol. The molecule has 140 valence electrons. The lowest BCUT2D eigenvalue weighted by atomic mass is 9.97. The van der Waals surface area contributed by atoms with Crippen molar-refractivity contribution in [2.75, 3.05) is 6.54 Å². The zero-order valence-electron chi connectivity index (χ0n) is 15.3. The van der Waals surface area contributed by atoms with Crippen molar-refractivity contribution in [1.29, 1.82) is 0 Å². The second-order valence-corrected chi connectivity index (χ2v) is 6.94. The topological polar surface area (TPSA) is 81.2 Å². The van der Waals surface area contributed by atoms with Crippen molar-refractivity contribution in [3.05, 3.63) is 52.9 Å². The first-order chi connectivity index (χ1) is 13.1. The Labute approximate surface area is 156 Å². The fraction of sp³-hybridized carbons (Fsp3) is 0.400. The standard InChI is InChI=1S/C20H22N4O3/c1-14(25)23-11-5-4-6-16(23)10-9-15-12-22-19(13-21-15)24-17-7-2-3-8-18(17)27-20(24)26/h2-3,7-8,12-13,16H,4-6,9-11H2,1H3/t16-/m1/s1. The van der Waals surface area contributed by atoms with Crippen LogP contribution in [0.15, 0.2) is 45.9 Å². The van der Waals surface area contributed by atoms with Crippen molar-refractivity contribution in [1.82, 2.24) is 19.4 Å². The molecule has 4 rings (SSSR count). The molecule has 1 aromatic carbocycles. The molecule has 7 heteroatoms. The lowest BCUT2D eigenvalue weighted by molar-refractivity contribution is -0.132. The van der Waals surface area contributed by atoms with Gasteiger partial charge in [0.1, 0.15) is 0 Å². The van der Waals surface area contributed by atoms with E-state index in [2.05, 4.69) is 9.97 Å². The van der Waals surface area contributed by atoms with Crippen LogP contribution in [0.1, 0.15) is 38.3 Å². The Hall–Kier alpha value is -2.96. The van der Waals surface area contributed by atoms with E-state index in [1.165, 1.54) is 4.57 Å². The molecular formula is C20H22N4O3. The van der Waals surface area contributed by atoms with Crippen molar-refractivity contribution >= 4 is 17.0 Å². The van der Waals surface area contributed by atoms with Crippen LogP contribution in [-0.4, -0.2) is 37.9 Å². The lowest BCUT2D eigenvalue weighted by Crippen LogP contribution is -2.42. The average molecular weight is 366 g/mol. The SMILES string of the molecule is CC(=O)N1CCCC[C@@H]1CCc1cnc(-n2c(=O)oc3ccccc32)cn1. The van der Waals surface area contributed by atoms with Gasteiger partial charge in [-0.05, 0) is 44.2 Å². The van der Waals surface area contributed by atoms with E-state index in [0.717, 1.165) is 44.3 Å². The van der Waals surface area contributed by atoms with Gasteiger partial charge >= 0.3 is 5.76 Å². The zero-order chi connectivity index (χ0) is 18.8. The van der Waals surface area contributed by atoms with Crippen molar-refractivity contribution in [2.24, 2.45) is 0 Å². The molecule has 1 saturated heterocycles. The minimum absolute atomic E-state index is 0.146. The fourth-order valence-electron chi connectivity index (χ4n) is 3.81. The van der Waals surface area contributed by atoms with Crippen molar-refractivity contribution in [3.63, 3.8) is 0 Å². The quantitative estimate of drug-likeness (QED) is 0.709. The van der Waals surface area contributed by atoms with Crippen LogP contribution in [0.5, 0.6) is 0 Å². The number of hydrogen-bond donors (Lipinski definition) is 0. The number of oxazole rings is 1. The molecule has 1 aliphatic rings. The predicted octanol–water partition coefficient (Wildman–Crippen LogP) is 2.71. The molecule has 0 aliphatic carbocycles. The van der Waals surface area contributed by atoms with Gasteiger partial charge < -0.3 is 9.32 Å². The molecule has 3 aromatic rings. The highest BCUT2D eigenvalue weighted by atomic mass is 16.4. The maximum Gasteiger partial charge on any atom is 0.425 e. The molecule has 1 atom stereocenters. The number of fused-ring (bicyclic) bond motifs is 1. The summed E-state index contributed by atoms with van der Waals surface area (Å²) in [4.78, 5) is 34.8. The summed E-state index contributed by atoms with van der Waals surface area (Å²) >= 11 is 0. The maximum absolute atomic E-state index is 12.1. The largest absolute Gasteiger partial charge is 0.425 e. The number of aryl methyl sites for hydroxylation is 1. The van der Waals surface area contributed by atoms with Crippen LogP contribution in [0.3, 0.4) is 0 Å². The Balaban J connectivity index is 1.50. The monoisotopic (exact) mass is 366 g/mol. The van der Waals surface area contributed by atoms with E-state index in [4.69, 9.17) is 4.42 Å². The third kappa shape index (κ3) is 3.49. The smallest absolute Gasteiger partial charge is 0.407 e. The van der Waals surface area contributed by atoms with Gasteiger partial charge in [-0.1, -0.05) is 12.1 Å². The molecule has 0 unspecified atom stereocenters. The number of piperidine rings is 1. The third-order valence-corrected chi connectivity index (χ3v) is 5.17. The number of para-hydroxylation sites is 2. The first kappa shape index (κ1) is 17.5. The number of amides is 1. The first-order valence-corrected chi connectivity index (χ1v) is 9.32. The van der Waals surface area contributed by atoms with Crippen LogP contribution in [0, 0.1) is 0 Å². The minimum Gasteiger partial charge on any atom is -0.407 e. The third-order valence-electron chi connectivity index (χ3n) is 5.17. The summed E-state index contributed by atoms with van der Waals surface area (Å²) < 4.78 is 6.67. The van der Waals surface area contributed by atoms with E-state index < -0.39 is 5.76 Å². The molecule has 27 heavy (non-hydrogen) atoms. The molecular weight excluding hydrogens is 344 g/mol. The summed E-state index contributed by atoms with van der Waals surface area (Å²) in [6.45, 7) is 2.49. The summed E-state index contributed by atoms with van der Waals surface area (Å²) in [6, 6.07) is 7.51. The highest BCUT2D eigenvalue weighted by Gasteiger charge is 2.24. The summed E-state index contributed by atoms with van der Waals surface area (Å²) in [6.07, 6.45) is 8.22. The molecule has 0 spiro atoms. The summed E-state index contributed by atoms with van der Waals surface area (Å²) in [5, 5.41) is 0. The van der Waals surface area contributed by atoms with Crippen LogP contribution in [0.4, 0.5) is 0 Å². The van der Waals surface area contributed by atoms with Gasteiger partial charge in [-0.25, -0.2) is 14.3 Å². The number of aromatic nitrogens is 3. The molecule has 7 nitrogen and oxygen atoms in total. The number of benzene rings is 1. The zero-order valence-corrected chi connectivity index (χ0v) is 15.3. The minimum atomic E-state index is -0.474. The van der Waals surface area contributed by atoms with Crippen LogP contribution in [-0.2, 0) is 11.2 Å². The summed E-state index contributed by atoms with van der Waals surface area (Å²) in [7, 11) is 0. The fourth-order valence-corrected chi connectivity index (χ4v) is 3.81. The molecule has 3 heterocycles. The van der Waals surface area contributed by atoms with E-state index in [-0.39, 0.29) is 11.9 Å². The maximum atomic E-state index is 12.1. The molecule has 2 aromatic heterocycles. The Morgan fingerprint density at radius 1 is 1.22 bits per heavy atom. The normalized spacial score (nSPS) is 17.4. The number of carbonyl (C=O) groups excluding carboxylic acids is 1. The van der Waals surface area contributed by atoms with Gasteiger partial charge in [0.05, 0.1) is 23.6 Å². The second-order valence-electron chi connectivity index (χ2n) is 6.94. The Bertz CT molecular complexity index is 1010. The molecule has 1 aliphatic heterocycles. The summed E-state index contributed by atoms with van der Waals surface area (Å²) in [5.41, 5.74) is 2.05. The Morgan fingerprint density at radius 3 is 2.85 bits per heavy atom. The number of rotatable bonds is 4. The lowest BCUT2D eigenvalue weighted by Gasteiger charge is -2.35. The van der Waals surface area contributed by atoms with Crippen LogP contribution < -0.4 is 5.76 Å². The van der Waals surface area contributed by atoms with E-state index in [9.17, 15) is 9.59 Å². The average Bonchev–Trinajstić information content (AvgIpc) is 3.02. The molecule has 1 fully saturated rings. The molecule has 0 bridgehead atoms. The van der Waals surface area contributed by atoms with Crippen molar-refractivity contribution < 1.29 is 9.21 Å². The van der Waals surface area contributed by atoms with E-state index >= 15 is 0 Å².